The second kappa shape index (κ2) is 5.66. The minimum absolute atomic E-state index is 0.0950. The normalized spacial score (nSPS) is 19.6. The monoisotopic (exact) mass is 238 g/mol. The molecule has 4 nitrogen and oxygen atoms in total. The molecule has 0 heterocycles. The van der Waals surface area contributed by atoms with Gasteiger partial charge in [-0.1, -0.05) is 24.3 Å². The summed E-state index contributed by atoms with van der Waals surface area (Å²) in [4.78, 5) is 20.8. The van der Waals surface area contributed by atoms with E-state index in [1.54, 1.807) is 0 Å². The number of rotatable bonds is 2. The molecule has 0 radical (unpaired) electrons. The van der Waals surface area contributed by atoms with E-state index in [4.69, 9.17) is 5.11 Å². The lowest BCUT2D eigenvalue weighted by Gasteiger charge is -2.25. The van der Waals surface area contributed by atoms with E-state index in [-0.39, 0.29) is 17.8 Å². The van der Waals surface area contributed by atoms with Crippen LogP contribution in [-0.4, -0.2) is 24.2 Å². The summed E-state index contributed by atoms with van der Waals surface area (Å²) in [7, 11) is 1.42. The zero-order chi connectivity index (χ0) is 13.0. The maximum Gasteiger partial charge on any atom is 0.309 e. The van der Waals surface area contributed by atoms with Crippen LogP contribution in [0.1, 0.15) is 25.7 Å². The van der Waals surface area contributed by atoms with E-state index in [1.807, 2.05) is 0 Å². The van der Waals surface area contributed by atoms with Gasteiger partial charge < -0.3 is 9.84 Å². The molecular formula is C13H18O4. The predicted octanol–water partition coefficient (Wildman–Crippen LogP) is 2.16. The Hall–Kier alpha value is -1.58. The van der Waals surface area contributed by atoms with Gasteiger partial charge in [-0.15, -0.1) is 0 Å². The quantitative estimate of drug-likeness (QED) is 0.591. The Morgan fingerprint density at radius 1 is 1.12 bits per heavy atom. The highest BCUT2D eigenvalue weighted by molar-refractivity contribution is 5.74. The second-order valence-corrected chi connectivity index (χ2v) is 4.57. The number of carbonyl (C=O) groups excluding carboxylic acids is 1. The third-order valence-corrected chi connectivity index (χ3v) is 3.02. The molecule has 0 bridgehead atoms. The summed E-state index contributed by atoms with van der Waals surface area (Å²) < 4.78 is 4.52. The van der Waals surface area contributed by atoms with Crippen molar-refractivity contribution in [1.29, 1.82) is 0 Å². The van der Waals surface area contributed by atoms with Gasteiger partial charge in [-0.3, -0.25) is 9.59 Å². The molecule has 0 aromatic rings. The van der Waals surface area contributed by atoms with Crippen molar-refractivity contribution in [3.8, 4) is 0 Å². The third-order valence-electron chi connectivity index (χ3n) is 3.02. The fraction of sp³-hybridized carbons (Fsp3) is 0.538. The maximum atomic E-state index is 10.7. The van der Waals surface area contributed by atoms with Gasteiger partial charge in [0.25, 0.3) is 0 Å². The highest BCUT2D eigenvalue weighted by Gasteiger charge is 2.29. The van der Waals surface area contributed by atoms with Crippen LogP contribution in [0, 0.1) is 11.8 Å². The highest BCUT2D eigenvalue weighted by Crippen LogP contribution is 2.32. The van der Waals surface area contributed by atoms with Crippen molar-refractivity contribution >= 4 is 11.9 Å². The Morgan fingerprint density at radius 2 is 1.53 bits per heavy atom. The predicted molar refractivity (Wildman–Crippen MR) is 63.4 cm³/mol. The van der Waals surface area contributed by atoms with Gasteiger partial charge in [0.2, 0.25) is 0 Å². The average molecular weight is 238 g/mol. The molecule has 0 saturated heterocycles. The summed E-state index contributed by atoms with van der Waals surface area (Å²) in [6.07, 6.45) is 3.03. The number of aliphatic carboxylic acids is 1. The Labute approximate surface area is 101 Å². The van der Waals surface area contributed by atoms with Crippen molar-refractivity contribution in [3.63, 3.8) is 0 Å². The number of hydrogen-bond donors (Lipinski definition) is 1. The van der Waals surface area contributed by atoms with Crippen LogP contribution in [0.5, 0.6) is 0 Å². The molecule has 2 aliphatic carbocycles. The number of esters is 1. The molecule has 0 aliphatic heterocycles. The van der Waals surface area contributed by atoms with Crippen molar-refractivity contribution < 1.29 is 19.4 Å². The smallest absolute Gasteiger partial charge is 0.309 e. The largest absolute Gasteiger partial charge is 0.481 e. The molecule has 17 heavy (non-hydrogen) atoms. The topological polar surface area (TPSA) is 63.6 Å². The minimum Gasteiger partial charge on any atom is -0.481 e. The van der Waals surface area contributed by atoms with E-state index >= 15 is 0 Å². The van der Waals surface area contributed by atoms with Crippen LogP contribution in [0.15, 0.2) is 24.3 Å². The van der Waals surface area contributed by atoms with Crippen molar-refractivity contribution in [2.75, 3.05) is 7.11 Å². The second-order valence-electron chi connectivity index (χ2n) is 4.57. The number of allylic oxidation sites excluding steroid dienone is 2. The Balaban J connectivity index is 0.000000171. The van der Waals surface area contributed by atoms with Crippen LogP contribution in [0.4, 0.5) is 0 Å². The van der Waals surface area contributed by atoms with Gasteiger partial charge in [0, 0.05) is 0 Å². The number of hydrogen-bond acceptors (Lipinski definition) is 3. The van der Waals surface area contributed by atoms with Crippen LogP contribution >= 0.6 is 0 Å². The standard InChI is InChI=1S/C7H10O2.C6H8O2/c1-5-3-6(4-5)7(8)9-2;1-4-2-5(3-4)6(7)8/h6H,1,3-4H2,2H3;5H,1-3H2,(H,7,8). The van der Waals surface area contributed by atoms with E-state index in [1.165, 1.54) is 7.11 Å². The number of carboxylic acids is 1. The number of carbonyl (C=O) groups is 2. The minimum atomic E-state index is -0.683. The summed E-state index contributed by atoms with van der Waals surface area (Å²) in [5, 5.41) is 8.31. The molecule has 2 fully saturated rings. The first kappa shape index (κ1) is 13.5. The van der Waals surface area contributed by atoms with E-state index in [2.05, 4.69) is 17.9 Å². The molecule has 4 heteroatoms. The number of carboxylic acid groups (broad SMARTS) is 1. The molecule has 0 aromatic carbocycles. The zero-order valence-electron chi connectivity index (χ0n) is 10.1. The van der Waals surface area contributed by atoms with Crippen LogP contribution in [0.2, 0.25) is 0 Å². The first-order chi connectivity index (χ1) is 7.93. The van der Waals surface area contributed by atoms with E-state index in [0.29, 0.717) is 12.8 Å². The SMILES string of the molecule is C=C1CC(C(=O)O)C1.C=C1CC(C(=O)OC)C1. The summed E-state index contributed by atoms with van der Waals surface area (Å²) in [5.41, 5.74) is 2.22. The van der Waals surface area contributed by atoms with Gasteiger partial charge in [-0.05, 0) is 25.7 Å². The first-order valence-corrected chi connectivity index (χ1v) is 5.58. The Morgan fingerprint density at radius 3 is 1.76 bits per heavy atom. The van der Waals surface area contributed by atoms with E-state index in [9.17, 15) is 9.59 Å². The summed E-state index contributed by atoms with van der Waals surface area (Å²) in [5.74, 6) is -0.787. The van der Waals surface area contributed by atoms with Crippen molar-refractivity contribution in [3.05, 3.63) is 24.3 Å². The number of ether oxygens (including phenoxy) is 1. The molecule has 2 aliphatic rings. The van der Waals surface area contributed by atoms with Crippen LogP contribution in [-0.2, 0) is 14.3 Å². The highest BCUT2D eigenvalue weighted by atomic mass is 16.5. The molecule has 2 rings (SSSR count). The Kier molecular flexibility index (Phi) is 4.49. The van der Waals surface area contributed by atoms with Gasteiger partial charge >= 0.3 is 11.9 Å². The first-order valence-electron chi connectivity index (χ1n) is 5.58. The fourth-order valence-electron chi connectivity index (χ4n) is 1.78. The van der Waals surface area contributed by atoms with E-state index < -0.39 is 5.97 Å². The van der Waals surface area contributed by atoms with Gasteiger partial charge in [-0.2, -0.15) is 0 Å². The van der Waals surface area contributed by atoms with E-state index in [0.717, 1.165) is 24.0 Å². The van der Waals surface area contributed by atoms with Gasteiger partial charge in [-0.25, -0.2) is 0 Å². The molecular weight excluding hydrogens is 220 g/mol. The lowest BCUT2D eigenvalue weighted by molar-refractivity contribution is -0.146. The third kappa shape index (κ3) is 3.73. The summed E-state index contributed by atoms with van der Waals surface area (Å²) in [6, 6.07) is 0. The molecule has 1 N–H and O–H groups in total. The molecule has 0 unspecified atom stereocenters. The molecule has 0 spiro atoms. The average Bonchev–Trinajstić information content (AvgIpc) is 2.20. The molecule has 94 valence electrons. The lowest BCUT2D eigenvalue weighted by atomic mass is 9.81. The summed E-state index contributed by atoms with van der Waals surface area (Å²) >= 11 is 0. The molecule has 0 amide bonds. The van der Waals surface area contributed by atoms with Gasteiger partial charge in [0.15, 0.2) is 0 Å². The Bertz CT molecular complexity index is 340. The van der Waals surface area contributed by atoms with Crippen molar-refractivity contribution in [1.82, 2.24) is 0 Å². The zero-order valence-corrected chi connectivity index (χ0v) is 10.1. The lowest BCUT2D eigenvalue weighted by Crippen LogP contribution is -2.24. The summed E-state index contributed by atoms with van der Waals surface area (Å²) in [6.45, 7) is 7.35. The van der Waals surface area contributed by atoms with Crippen molar-refractivity contribution in [2.45, 2.75) is 25.7 Å². The van der Waals surface area contributed by atoms with Gasteiger partial charge in [0.1, 0.15) is 0 Å². The van der Waals surface area contributed by atoms with Crippen molar-refractivity contribution in [2.24, 2.45) is 11.8 Å². The maximum absolute atomic E-state index is 10.7. The van der Waals surface area contributed by atoms with Crippen LogP contribution in [0.3, 0.4) is 0 Å². The fourth-order valence-corrected chi connectivity index (χ4v) is 1.78. The van der Waals surface area contributed by atoms with Crippen LogP contribution < -0.4 is 0 Å². The molecule has 0 atom stereocenters. The molecule has 0 aromatic heterocycles. The van der Waals surface area contributed by atoms with Gasteiger partial charge in [0.05, 0.1) is 18.9 Å². The van der Waals surface area contributed by atoms with Crippen LogP contribution in [0.25, 0.3) is 0 Å². The molecule has 2 saturated carbocycles. The number of methoxy groups -OCH3 is 1.